The SMILES string of the molecule is COc1ccc(S(=O)(=O)[N+]2(c3ccc(Cl)cc3)CC[CH]CC2)c2cccnc12. The number of ether oxygens (including phenoxy) is 1. The minimum absolute atomic E-state index is 0.128. The number of benzene rings is 2. The second-order valence-corrected chi connectivity index (χ2v) is 9.34. The van der Waals surface area contributed by atoms with Crippen LogP contribution in [0, 0.1) is 6.42 Å². The van der Waals surface area contributed by atoms with Gasteiger partial charge in [-0.15, -0.1) is 0 Å². The Morgan fingerprint density at radius 3 is 2.43 bits per heavy atom. The van der Waals surface area contributed by atoms with Gasteiger partial charge in [0.25, 0.3) is 0 Å². The third-order valence-electron chi connectivity index (χ3n) is 5.34. The minimum atomic E-state index is -3.76. The molecule has 1 aliphatic heterocycles. The summed E-state index contributed by atoms with van der Waals surface area (Å²) in [7, 11) is -2.21. The summed E-state index contributed by atoms with van der Waals surface area (Å²) in [6.45, 7) is 0.968. The number of methoxy groups -OCH3 is 1. The minimum Gasteiger partial charge on any atom is -0.494 e. The Hall–Kier alpha value is -2.15. The Labute approximate surface area is 170 Å². The summed E-state index contributed by atoms with van der Waals surface area (Å²) in [4.78, 5) is 4.63. The van der Waals surface area contributed by atoms with E-state index in [2.05, 4.69) is 11.4 Å². The van der Waals surface area contributed by atoms with Crippen LogP contribution < -0.4 is 8.63 Å². The van der Waals surface area contributed by atoms with Crippen LogP contribution in [0.15, 0.2) is 59.6 Å². The molecule has 0 amide bonds. The molecule has 0 spiro atoms. The molecule has 145 valence electrons. The Kier molecular flexibility index (Phi) is 5.04. The third-order valence-corrected chi connectivity index (χ3v) is 8.00. The molecule has 2 heterocycles. The van der Waals surface area contributed by atoms with Crippen molar-refractivity contribution in [2.24, 2.45) is 0 Å². The fourth-order valence-electron chi connectivity index (χ4n) is 3.90. The number of pyridine rings is 1. The first-order valence-electron chi connectivity index (χ1n) is 9.11. The second-order valence-electron chi connectivity index (χ2n) is 6.82. The maximum atomic E-state index is 14.1. The van der Waals surface area contributed by atoms with E-state index >= 15 is 0 Å². The number of sulfonamides is 1. The lowest BCUT2D eigenvalue weighted by Crippen LogP contribution is -2.57. The highest BCUT2D eigenvalue weighted by Crippen LogP contribution is 2.39. The first-order chi connectivity index (χ1) is 13.5. The molecule has 28 heavy (non-hydrogen) atoms. The number of fused-ring (bicyclic) bond motifs is 1. The van der Waals surface area contributed by atoms with Crippen LogP contribution in [0.1, 0.15) is 12.8 Å². The molecule has 1 fully saturated rings. The molecule has 5 nitrogen and oxygen atoms in total. The van der Waals surface area contributed by atoms with Crippen molar-refractivity contribution in [1.82, 2.24) is 8.87 Å². The lowest BCUT2D eigenvalue weighted by atomic mass is 10.1. The quantitative estimate of drug-likeness (QED) is 0.583. The van der Waals surface area contributed by atoms with Crippen molar-refractivity contribution < 1.29 is 13.2 Å². The fourth-order valence-corrected chi connectivity index (χ4v) is 6.18. The molecule has 0 aliphatic carbocycles. The predicted molar refractivity (Wildman–Crippen MR) is 112 cm³/mol. The van der Waals surface area contributed by atoms with Gasteiger partial charge in [0.05, 0.1) is 20.2 Å². The van der Waals surface area contributed by atoms with Crippen LogP contribution in [-0.4, -0.2) is 33.6 Å². The fraction of sp³-hybridized carbons (Fsp3) is 0.238. The molecule has 1 aromatic heterocycles. The predicted octanol–water partition coefficient (Wildman–Crippen LogP) is 4.59. The Morgan fingerprint density at radius 2 is 1.75 bits per heavy atom. The largest absolute Gasteiger partial charge is 0.494 e. The van der Waals surface area contributed by atoms with E-state index in [1.54, 1.807) is 49.7 Å². The molecule has 0 N–H and O–H groups in total. The smallest absolute Gasteiger partial charge is 0.332 e. The highest BCUT2D eigenvalue weighted by Gasteiger charge is 2.47. The summed E-state index contributed by atoms with van der Waals surface area (Å²) in [5.74, 6) is 0.555. The van der Waals surface area contributed by atoms with Crippen LogP contribution in [0.4, 0.5) is 5.69 Å². The van der Waals surface area contributed by atoms with Gasteiger partial charge in [0.15, 0.2) is 0 Å². The van der Waals surface area contributed by atoms with Gasteiger partial charge in [-0.05, 0) is 42.8 Å². The summed E-state index contributed by atoms with van der Waals surface area (Å²) in [6.07, 6.45) is 5.25. The molecule has 0 unspecified atom stereocenters. The van der Waals surface area contributed by atoms with E-state index in [1.165, 1.54) is 0 Å². The highest BCUT2D eigenvalue weighted by atomic mass is 35.5. The average molecular weight is 417 g/mol. The molecular weight excluding hydrogens is 396 g/mol. The lowest BCUT2D eigenvalue weighted by Gasteiger charge is -2.39. The van der Waals surface area contributed by atoms with Crippen molar-refractivity contribution >= 4 is 38.2 Å². The van der Waals surface area contributed by atoms with Gasteiger partial charge in [-0.3, -0.25) is 4.98 Å². The lowest BCUT2D eigenvalue weighted by molar-refractivity contribution is 0.377. The van der Waals surface area contributed by atoms with E-state index in [0.29, 0.717) is 34.8 Å². The first kappa shape index (κ1) is 19.2. The van der Waals surface area contributed by atoms with Gasteiger partial charge in [0, 0.05) is 41.6 Å². The summed E-state index contributed by atoms with van der Waals surface area (Å²) in [5, 5.41) is 1.16. The zero-order chi connectivity index (χ0) is 19.8. The Bertz CT molecular complexity index is 1110. The van der Waals surface area contributed by atoms with Crippen molar-refractivity contribution in [3.8, 4) is 5.75 Å². The summed E-state index contributed by atoms with van der Waals surface area (Å²) in [6, 6.07) is 14.0. The monoisotopic (exact) mass is 416 g/mol. The Morgan fingerprint density at radius 1 is 1.04 bits per heavy atom. The molecule has 0 atom stereocenters. The highest BCUT2D eigenvalue weighted by molar-refractivity contribution is 7.91. The first-order valence-corrected chi connectivity index (χ1v) is 10.9. The molecular formula is C21H21ClN2O3S+. The van der Waals surface area contributed by atoms with Crippen molar-refractivity contribution in [2.45, 2.75) is 17.7 Å². The molecule has 1 radical (unpaired) electrons. The maximum absolute atomic E-state index is 14.1. The number of halogens is 1. The molecule has 2 aromatic carbocycles. The van der Waals surface area contributed by atoms with Gasteiger partial charge in [0.1, 0.15) is 21.8 Å². The molecule has 1 aliphatic rings. The molecule has 3 aromatic rings. The zero-order valence-corrected chi connectivity index (χ0v) is 17.1. The van der Waals surface area contributed by atoms with Crippen LogP contribution in [0.2, 0.25) is 5.02 Å². The van der Waals surface area contributed by atoms with Crippen molar-refractivity contribution in [3.63, 3.8) is 0 Å². The van der Waals surface area contributed by atoms with E-state index in [-0.39, 0.29) is 8.78 Å². The number of aromatic nitrogens is 1. The van der Waals surface area contributed by atoms with Crippen LogP contribution in [0.3, 0.4) is 0 Å². The van der Waals surface area contributed by atoms with Crippen LogP contribution in [-0.2, 0) is 10.0 Å². The van der Waals surface area contributed by atoms with Gasteiger partial charge in [0.2, 0.25) is 0 Å². The maximum Gasteiger partial charge on any atom is 0.332 e. The topological polar surface area (TPSA) is 56.3 Å². The summed E-state index contributed by atoms with van der Waals surface area (Å²) in [5.41, 5.74) is 1.27. The third kappa shape index (κ3) is 2.96. The number of rotatable bonds is 4. The van der Waals surface area contributed by atoms with Crippen molar-refractivity contribution in [1.29, 1.82) is 0 Å². The van der Waals surface area contributed by atoms with Crippen molar-refractivity contribution in [3.05, 3.63) is 66.2 Å². The number of hydrogen-bond acceptors (Lipinski definition) is 4. The Balaban J connectivity index is 1.97. The zero-order valence-electron chi connectivity index (χ0n) is 15.5. The van der Waals surface area contributed by atoms with Crippen LogP contribution in [0.25, 0.3) is 10.9 Å². The van der Waals surface area contributed by atoms with Gasteiger partial charge in [-0.2, -0.15) is 12.3 Å². The number of piperidine rings is 1. The number of nitrogens with zero attached hydrogens (tertiary/aromatic N) is 2. The van der Waals surface area contributed by atoms with E-state index in [1.807, 2.05) is 12.1 Å². The van der Waals surface area contributed by atoms with E-state index in [9.17, 15) is 8.42 Å². The number of hydrogen-bond donors (Lipinski definition) is 0. The van der Waals surface area contributed by atoms with Crippen LogP contribution in [0.5, 0.6) is 5.75 Å². The van der Waals surface area contributed by atoms with Gasteiger partial charge < -0.3 is 4.74 Å². The summed E-state index contributed by atoms with van der Waals surface area (Å²) >= 11 is 6.05. The molecule has 0 saturated carbocycles. The van der Waals surface area contributed by atoms with Crippen molar-refractivity contribution in [2.75, 3.05) is 20.2 Å². The van der Waals surface area contributed by atoms with Crippen LogP contribution >= 0.6 is 11.6 Å². The van der Waals surface area contributed by atoms with Gasteiger partial charge >= 0.3 is 10.0 Å². The molecule has 7 heteroatoms. The van der Waals surface area contributed by atoms with Gasteiger partial charge in [-0.25, -0.2) is 0 Å². The standard InChI is InChI=1S/C21H21ClN2O3S/c1-27-19-11-12-20(18-6-5-13-23-21(18)19)28(25,26)24(14-3-2-4-15-24)17-9-7-16(22)8-10-17/h2,5-13H,3-4,14-15H2,1H3/q+1. The van der Waals surface area contributed by atoms with E-state index < -0.39 is 10.0 Å². The molecule has 0 bridgehead atoms. The number of quaternary nitrogens is 1. The normalized spacial score (nSPS) is 16.8. The molecule has 1 saturated heterocycles. The van der Waals surface area contributed by atoms with E-state index in [0.717, 1.165) is 18.5 Å². The van der Waals surface area contributed by atoms with E-state index in [4.69, 9.17) is 16.3 Å². The molecule has 4 rings (SSSR count). The second kappa shape index (κ2) is 7.35. The van der Waals surface area contributed by atoms with Gasteiger partial charge in [-0.1, -0.05) is 11.6 Å². The average Bonchev–Trinajstić information content (AvgIpc) is 2.73. The summed E-state index contributed by atoms with van der Waals surface area (Å²) < 4.78 is 33.4.